The molecule has 2 aliphatic rings. The van der Waals surface area contributed by atoms with Crippen LogP contribution in [0, 0.1) is 0 Å². The van der Waals surface area contributed by atoms with Crippen molar-refractivity contribution in [1.82, 2.24) is 5.32 Å². The van der Waals surface area contributed by atoms with Crippen molar-refractivity contribution in [1.29, 1.82) is 0 Å². The van der Waals surface area contributed by atoms with Crippen molar-refractivity contribution in [3.05, 3.63) is 0 Å². The highest BCUT2D eigenvalue weighted by Crippen LogP contribution is 2.30. The van der Waals surface area contributed by atoms with Gasteiger partial charge in [0.25, 0.3) is 0 Å². The first kappa shape index (κ1) is 53.1. The molecular formula is C44H85NO13. The van der Waals surface area contributed by atoms with E-state index < -0.39 is 86.8 Å². The van der Waals surface area contributed by atoms with Gasteiger partial charge in [-0.25, -0.2) is 0 Å². The second-order valence-electron chi connectivity index (χ2n) is 17.0. The van der Waals surface area contributed by atoms with Gasteiger partial charge in [-0.3, -0.25) is 4.79 Å². The van der Waals surface area contributed by atoms with Crippen molar-refractivity contribution in [2.75, 3.05) is 19.8 Å². The van der Waals surface area contributed by atoms with E-state index in [0.717, 1.165) is 25.7 Å². The summed E-state index contributed by atoms with van der Waals surface area (Å²) in [7, 11) is 0. The minimum Gasteiger partial charge on any atom is -0.394 e. The number of rotatable bonds is 35. The minimum atomic E-state index is -1.77. The van der Waals surface area contributed by atoms with Crippen LogP contribution < -0.4 is 5.32 Å². The van der Waals surface area contributed by atoms with Gasteiger partial charge in [0.1, 0.15) is 48.8 Å². The minimum absolute atomic E-state index is 0.259. The Bertz CT molecular complexity index is 993. The molecular weight excluding hydrogens is 750 g/mol. The number of unbranched alkanes of at least 4 members (excludes halogenated alkanes) is 24. The summed E-state index contributed by atoms with van der Waals surface area (Å²) in [5, 5.41) is 85.1. The first-order valence-electron chi connectivity index (χ1n) is 23.2. The van der Waals surface area contributed by atoms with Gasteiger partial charge in [-0.1, -0.05) is 167 Å². The topological polar surface area (TPSA) is 228 Å². The lowest BCUT2D eigenvalue weighted by Crippen LogP contribution is -2.65. The van der Waals surface area contributed by atoms with E-state index in [1.54, 1.807) is 0 Å². The van der Waals surface area contributed by atoms with E-state index in [1.165, 1.54) is 142 Å². The summed E-state index contributed by atoms with van der Waals surface area (Å²) in [6.45, 7) is 1.94. The monoisotopic (exact) mass is 836 g/mol. The van der Waals surface area contributed by atoms with Gasteiger partial charge in [-0.15, -0.1) is 0 Å². The van der Waals surface area contributed by atoms with Gasteiger partial charge in [-0.05, 0) is 6.42 Å². The second kappa shape index (κ2) is 32.7. The third kappa shape index (κ3) is 21.2. The molecule has 0 bridgehead atoms. The smallest absolute Gasteiger partial charge is 0.217 e. The summed E-state index contributed by atoms with van der Waals surface area (Å²) in [5.41, 5.74) is 0. The number of ether oxygens (including phenoxy) is 4. The fourth-order valence-electron chi connectivity index (χ4n) is 8.10. The third-order valence-electron chi connectivity index (χ3n) is 11.9. The Morgan fingerprint density at radius 3 is 1.36 bits per heavy atom. The van der Waals surface area contributed by atoms with Crippen molar-refractivity contribution >= 4 is 5.91 Å². The van der Waals surface area contributed by atoms with Crippen LogP contribution in [-0.4, -0.2) is 140 Å². The largest absolute Gasteiger partial charge is 0.394 e. The van der Waals surface area contributed by atoms with Crippen LogP contribution in [0.15, 0.2) is 0 Å². The Labute approximate surface area is 349 Å². The van der Waals surface area contributed by atoms with E-state index >= 15 is 0 Å². The zero-order valence-corrected chi connectivity index (χ0v) is 36.1. The molecule has 12 unspecified atom stereocenters. The van der Waals surface area contributed by atoms with E-state index in [-0.39, 0.29) is 12.5 Å². The lowest BCUT2D eigenvalue weighted by molar-refractivity contribution is -0.359. The highest BCUT2D eigenvalue weighted by molar-refractivity contribution is 5.73. The van der Waals surface area contributed by atoms with Gasteiger partial charge in [0.05, 0.1) is 32.0 Å². The molecule has 2 rings (SSSR count). The van der Waals surface area contributed by atoms with E-state index in [4.69, 9.17) is 18.9 Å². The quantitative estimate of drug-likeness (QED) is 0.0397. The number of carbonyl (C=O) groups is 1. The first-order valence-corrected chi connectivity index (χ1v) is 23.2. The van der Waals surface area contributed by atoms with Crippen molar-refractivity contribution in [2.45, 2.75) is 254 Å². The number of nitrogens with one attached hydrogen (secondary N) is 1. The van der Waals surface area contributed by atoms with E-state index in [2.05, 4.69) is 12.2 Å². The molecule has 0 spiro atoms. The van der Waals surface area contributed by atoms with Crippen LogP contribution in [0.3, 0.4) is 0 Å². The number of aliphatic hydroxyl groups is 8. The molecule has 58 heavy (non-hydrogen) atoms. The molecule has 2 saturated heterocycles. The molecule has 2 fully saturated rings. The molecule has 14 heteroatoms. The highest BCUT2D eigenvalue weighted by atomic mass is 16.7. The summed E-state index contributed by atoms with van der Waals surface area (Å²) >= 11 is 0. The average molecular weight is 836 g/mol. The summed E-state index contributed by atoms with van der Waals surface area (Å²) < 4.78 is 22.3. The maximum atomic E-state index is 11.9. The number of hydrogen-bond acceptors (Lipinski definition) is 13. The van der Waals surface area contributed by atoms with Crippen LogP contribution >= 0.6 is 0 Å². The fraction of sp³-hybridized carbons (Fsp3) is 0.977. The molecule has 344 valence electrons. The molecule has 0 aromatic rings. The Morgan fingerprint density at radius 2 is 0.948 bits per heavy atom. The average Bonchev–Trinajstić information content (AvgIpc) is 3.21. The number of aliphatic hydroxyl groups excluding tert-OH is 8. The zero-order chi connectivity index (χ0) is 42.5. The number of carbonyl (C=O) groups excluding carboxylic acids is 1. The van der Waals surface area contributed by atoms with Gasteiger partial charge < -0.3 is 65.1 Å². The lowest BCUT2D eigenvalue weighted by atomic mass is 9.97. The van der Waals surface area contributed by atoms with Gasteiger partial charge in [0, 0.05) is 6.92 Å². The van der Waals surface area contributed by atoms with Crippen LogP contribution in [0.1, 0.15) is 181 Å². The maximum Gasteiger partial charge on any atom is 0.217 e. The fourth-order valence-corrected chi connectivity index (χ4v) is 8.10. The molecule has 2 heterocycles. The SMILES string of the molecule is CCCCCCCCCCCCCCCCCCCCCCCCCCCC(O)C(COC1OC(CO)C(OC2OC(CO)C(O)C(O)C2O)C(O)C1O)NC(C)=O. The van der Waals surface area contributed by atoms with Gasteiger partial charge in [0.15, 0.2) is 12.6 Å². The van der Waals surface area contributed by atoms with Crippen LogP contribution in [0.2, 0.25) is 0 Å². The van der Waals surface area contributed by atoms with Crippen LogP contribution in [0.25, 0.3) is 0 Å². The Hall–Kier alpha value is -1.01. The third-order valence-corrected chi connectivity index (χ3v) is 11.9. The Balaban J connectivity index is 1.53. The molecule has 12 atom stereocenters. The van der Waals surface area contributed by atoms with Crippen molar-refractivity contribution < 1.29 is 64.6 Å². The summed E-state index contributed by atoms with van der Waals surface area (Å²) in [4.78, 5) is 11.9. The Morgan fingerprint density at radius 1 is 0.552 bits per heavy atom. The summed E-state index contributed by atoms with van der Waals surface area (Å²) in [5.74, 6) is -0.381. The second-order valence-corrected chi connectivity index (χ2v) is 17.0. The van der Waals surface area contributed by atoms with Crippen LogP contribution in [0.5, 0.6) is 0 Å². The van der Waals surface area contributed by atoms with Crippen molar-refractivity contribution in [2.24, 2.45) is 0 Å². The molecule has 0 aromatic carbocycles. The predicted molar refractivity (Wildman–Crippen MR) is 222 cm³/mol. The molecule has 14 nitrogen and oxygen atoms in total. The number of amides is 1. The van der Waals surface area contributed by atoms with Gasteiger partial charge in [-0.2, -0.15) is 0 Å². The molecule has 0 radical (unpaired) electrons. The Kier molecular flexibility index (Phi) is 29.9. The van der Waals surface area contributed by atoms with E-state index in [9.17, 15) is 45.6 Å². The maximum absolute atomic E-state index is 11.9. The predicted octanol–water partition coefficient (Wildman–Crippen LogP) is 4.66. The van der Waals surface area contributed by atoms with Crippen molar-refractivity contribution in [3.8, 4) is 0 Å². The van der Waals surface area contributed by atoms with E-state index in [0.29, 0.717) is 6.42 Å². The lowest BCUT2D eigenvalue weighted by Gasteiger charge is -2.46. The van der Waals surface area contributed by atoms with Gasteiger partial charge >= 0.3 is 0 Å². The van der Waals surface area contributed by atoms with Crippen LogP contribution in [0.4, 0.5) is 0 Å². The molecule has 0 saturated carbocycles. The van der Waals surface area contributed by atoms with Crippen molar-refractivity contribution in [3.63, 3.8) is 0 Å². The van der Waals surface area contributed by atoms with Gasteiger partial charge in [0.2, 0.25) is 5.91 Å². The normalized spacial score (nSPS) is 28.7. The molecule has 0 aliphatic carbocycles. The standard InChI is InChI=1S/C44H85NO13/c1-3-4-5-6-7-8-9-10-11-12-13-14-15-16-17-18-19-20-21-22-23-24-25-26-27-28-34(49)33(45-32(2)48)31-55-43-41(54)39(52)42(36(30-47)57-43)58-44-40(53)38(51)37(50)35(29-46)56-44/h33-44,46-47,49-54H,3-31H2,1-2H3,(H,45,48). The molecule has 9 N–H and O–H groups in total. The first-order chi connectivity index (χ1) is 28.0. The summed E-state index contributed by atoms with van der Waals surface area (Å²) in [6.07, 6.45) is 16.6. The molecule has 2 aliphatic heterocycles. The molecule has 1 amide bonds. The molecule has 0 aromatic heterocycles. The summed E-state index contributed by atoms with van der Waals surface area (Å²) in [6, 6.07) is -0.824. The van der Waals surface area contributed by atoms with Crippen LogP contribution in [-0.2, 0) is 23.7 Å². The zero-order valence-electron chi connectivity index (χ0n) is 36.1. The number of hydrogen-bond donors (Lipinski definition) is 9. The van der Waals surface area contributed by atoms with E-state index in [1.807, 2.05) is 0 Å². The highest BCUT2D eigenvalue weighted by Gasteiger charge is 2.50.